The first-order chi connectivity index (χ1) is 16.1. The molecular formula is C26H35N5OS. The Labute approximate surface area is 200 Å². The van der Waals surface area contributed by atoms with E-state index in [1.807, 2.05) is 25.1 Å². The summed E-state index contributed by atoms with van der Waals surface area (Å²) < 4.78 is 2.15. The number of amides is 1. The van der Waals surface area contributed by atoms with E-state index in [4.69, 9.17) is 0 Å². The van der Waals surface area contributed by atoms with Crippen LogP contribution in [0.1, 0.15) is 64.1 Å². The summed E-state index contributed by atoms with van der Waals surface area (Å²) in [6, 6.07) is 10.3. The predicted octanol–water partition coefficient (Wildman–Crippen LogP) is 4.43. The summed E-state index contributed by atoms with van der Waals surface area (Å²) in [4.78, 5) is 15.8. The van der Waals surface area contributed by atoms with Crippen LogP contribution in [0.4, 0.5) is 0 Å². The van der Waals surface area contributed by atoms with Crippen molar-refractivity contribution in [3.8, 4) is 5.69 Å². The molecule has 1 N–H and O–H groups in total. The Kier molecular flexibility index (Phi) is 5.73. The number of para-hydroxylation sites is 1. The Balaban J connectivity index is 1.19. The van der Waals surface area contributed by atoms with Gasteiger partial charge < -0.3 is 5.32 Å². The highest BCUT2D eigenvalue weighted by molar-refractivity contribution is 8.00. The highest BCUT2D eigenvalue weighted by Crippen LogP contribution is 2.55. The number of thioether (sulfide) groups is 1. The van der Waals surface area contributed by atoms with Crippen LogP contribution in [0.5, 0.6) is 0 Å². The number of carbonyl (C=O) groups is 1. The van der Waals surface area contributed by atoms with E-state index in [9.17, 15) is 4.79 Å². The van der Waals surface area contributed by atoms with E-state index in [0.29, 0.717) is 0 Å². The fourth-order valence-corrected chi connectivity index (χ4v) is 8.18. The fraction of sp³-hybridized carbons (Fsp3) is 0.654. The average Bonchev–Trinajstić information content (AvgIpc) is 3.43. The van der Waals surface area contributed by atoms with Gasteiger partial charge >= 0.3 is 0 Å². The fourth-order valence-electron chi connectivity index (χ4n) is 7.29. The quantitative estimate of drug-likeness (QED) is 0.613. The standard InChI is InChI=1S/C26H35N5OS/c1-18(24(32)27-26-14-19-11-20(15-26)13-21(12-19)16-26)33-25-29-28-23(17-30-9-5-6-10-30)31(25)22-7-3-2-4-8-22/h2-4,7-8,18-21H,5-6,9-17H2,1H3,(H,27,32)/t18-,19?,20?,21?,26?/m1/s1. The van der Waals surface area contributed by atoms with Crippen LogP contribution in [0.15, 0.2) is 35.5 Å². The number of rotatable bonds is 7. The van der Waals surface area contributed by atoms with Crippen LogP contribution in [0.25, 0.3) is 5.69 Å². The molecule has 1 saturated heterocycles. The molecule has 176 valence electrons. The number of benzene rings is 1. The number of aromatic nitrogens is 3. The predicted molar refractivity (Wildman–Crippen MR) is 130 cm³/mol. The van der Waals surface area contributed by atoms with Gasteiger partial charge in [0.05, 0.1) is 11.8 Å². The van der Waals surface area contributed by atoms with Crippen molar-refractivity contribution in [1.29, 1.82) is 0 Å². The Morgan fingerprint density at radius 3 is 2.33 bits per heavy atom. The molecule has 0 spiro atoms. The molecule has 6 nitrogen and oxygen atoms in total. The Morgan fingerprint density at radius 1 is 1.06 bits per heavy atom. The maximum absolute atomic E-state index is 13.4. The van der Waals surface area contributed by atoms with E-state index in [0.717, 1.165) is 54.1 Å². The topological polar surface area (TPSA) is 63.1 Å². The van der Waals surface area contributed by atoms with E-state index in [-0.39, 0.29) is 16.7 Å². The second kappa shape index (κ2) is 8.73. The number of nitrogens with zero attached hydrogens (tertiary/aromatic N) is 4. The lowest BCUT2D eigenvalue weighted by atomic mass is 9.53. The zero-order valence-corrected chi connectivity index (χ0v) is 20.4. The third-order valence-electron chi connectivity index (χ3n) is 8.36. The third kappa shape index (κ3) is 4.34. The molecule has 4 bridgehead atoms. The van der Waals surface area contributed by atoms with Gasteiger partial charge in [0.15, 0.2) is 11.0 Å². The van der Waals surface area contributed by atoms with Crippen LogP contribution in [-0.4, -0.2) is 49.4 Å². The zero-order valence-electron chi connectivity index (χ0n) is 19.6. The Bertz CT molecular complexity index is 964. The van der Waals surface area contributed by atoms with Crippen LogP contribution in [-0.2, 0) is 11.3 Å². The molecule has 2 heterocycles. The Hall–Kier alpha value is -1.86. The molecule has 7 rings (SSSR count). The number of hydrogen-bond acceptors (Lipinski definition) is 5. The van der Waals surface area contributed by atoms with Crippen molar-refractivity contribution in [2.45, 2.75) is 80.8 Å². The maximum atomic E-state index is 13.4. The minimum atomic E-state index is -0.204. The first kappa shape index (κ1) is 21.7. The van der Waals surface area contributed by atoms with Gasteiger partial charge in [0.2, 0.25) is 5.91 Å². The molecule has 7 heteroatoms. The molecule has 1 aromatic carbocycles. The number of carbonyl (C=O) groups excluding carboxylic acids is 1. The SMILES string of the molecule is C[C@@H](Sc1nnc(CN2CCCC2)n1-c1ccccc1)C(=O)NC12CC3CC(CC(C3)C1)C2. The minimum absolute atomic E-state index is 0.0503. The summed E-state index contributed by atoms with van der Waals surface area (Å²) in [5, 5.41) is 13.3. The number of nitrogens with one attached hydrogen (secondary N) is 1. The second-order valence-corrected chi connectivity index (χ2v) is 12.3. The van der Waals surface area contributed by atoms with Gasteiger partial charge in [0.1, 0.15) is 0 Å². The molecule has 0 unspecified atom stereocenters. The molecule has 2 aromatic rings. The van der Waals surface area contributed by atoms with Crippen molar-refractivity contribution >= 4 is 17.7 Å². The van der Waals surface area contributed by atoms with E-state index >= 15 is 0 Å². The van der Waals surface area contributed by atoms with Crippen LogP contribution in [0.3, 0.4) is 0 Å². The highest BCUT2D eigenvalue weighted by atomic mass is 32.2. The largest absolute Gasteiger partial charge is 0.350 e. The third-order valence-corrected chi connectivity index (χ3v) is 9.40. The van der Waals surface area contributed by atoms with Gasteiger partial charge in [-0.1, -0.05) is 30.0 Å². The summed E-state index contributed by atoms with van der Waals surface area (Å²) in [5.41, 5.74) is 1.11. The van der Waals surface area contributed by atoms with Crippen molar-refractivity contribution in [2.75, 3.05) is 13.1 Å². The van der Waals surface area contributed by atoms with Gasteiger partial charge in [-0.3, -0.25) is 14.3 Å². The monoisotopic (exact) mass is 465 g/mol. The normalized spacial score (nSPS) is 31.7. The first-order valence-corrected chi connectivity index (χ1v) is 13.7. The maximum Gasteiger partial charge on any atom is 0.233 e. The smallest absolute Gasteiger partial charge is 0.233 e. The van der Waals surface area contributed by atoms with E-state index < -0.39 is 0 Å². The summed E-state index contributed by atoms with van der Waals surface area (Å²) >= 11 is 1.54. The highest BCUT2D eigenvalue weighted by Gasteiger charge is 2.51. The lowest BCUT2D eigenvalue weighted by Crippen LogP contribution is -2.60. The molecule has 4 saturated carbocycles. The van der Waals surface area contributed by atoms with Crippen molar-refractivity contribution in [3.05, 3.63) is 36.2 Å². The average molecular weight is 466 g/mol. The van der Waals surface area contributed by atoms with E-state index in [1.54, 1.807) is 0 Å². The molecular weight excluding hydrogens is 430 g/mol. The first-order valence-electron chi connectivity index (χ1n) is 12.8. The van der Waals surface area contributed by atoms with Crippen molar-refractivity contribution in [1.82, 2.24) is 25.0 Å². The molecule has 1 atom stereocenters. The van der Waals surface area contributed by atoms with Crippen LogP contribution >= 0.6 is 11.8 Å². The van der Waals surface area contributed by atoms with Crippen molar-refractivity contribution in [2.24, 2.45) is 17.8 Å². The number of likely N-dealkylation sites (tertiary alicyclic amines) is 1. The molecule has 1 aliphatic heterocycles. The van der Waals surface area contributed by atoms with E-state index in [1.165, 1.54) is 63.1 Å². The van der Waals surface area contributed by atoms with Gasteiger partial charge in [-0.15, -0.1) is 10.2 Å². The lowest BCUT2D eigenvalue weighted by molar-refractivity contribution is -0.126. The molecule has 5 aliphatic rings. The second-order valence-electron chi connectivity index (χ2n) is 11.0. The molecule has 1 aromatic heterocycles. The molecule has 5 fully saturated rings. The van der Waals surface area contributed by atoms with Crippen LogP contribution in [0, 0.1) is 17.8 Å². The van der Waals surface area contributed by atoms with Crippen molar-refractivity contribution < 1.29 is 4.79 Å². The van der Waals surface area contributed by atoms with E-state index in [2.05, 4.69) is 37.1 Å². The van der Waals surface area contributed by atoms with Gasteiger partial charge in [0, 0.05) is 11.2 Å². The molecule has 4 aliphatic carbocycles. The van der Waals surface area contributed by atoms with Crippen LogP contribution in [0.2, 0.25) is 0 Å². The van der Waals surface area contributed by atoms with Crippen molar-refractivity contribution in [3.63, 3.8) is 0 Å². The minimum Gasteiger partial charge on any atom is -0.350 e. The van der Waals surface area contributed by atoms with Crippen LogP contribution < -0.4 is 5.32 Å². The van der Waals surface area contributed by atoms with Gasteiger partial charge in [-0.05, 0) is 101 Å². The summed E-state index contributed by atoms with van der Waals surface area (Å²) in [6.07, 6.45) is 10.2. The molecule has 33 heavy (non-hydrogen) atoms. The van der Waals surface area contributed by atoms with Gasteiger partial charge in [-0.25, -0.2) is 0 Å². The lowest BCUT2D eigenvalue weighted by Gasteiger charge is -2.57. The Morgan fingerprint density at radius 2 is 1.70 bits per heavy atom. The number of hydrogen-bond donors (Lipinski definition) is 1. The summed E-state index contributed by atoms with van der Waals surface area (Å²) in [7, 11) is 0. The zero-order chi connectivity index (χ0) is 22.4. The van der Waals surface area contributed by atoms with Gasteiger partial charge in [0.25, 0.3) is 0 Å². The molecule has 1 amide bonds. The summed E-state index contributed by atoms with van der Waals surface area (Å²) in [6.45, 7) is 5.06. The van der Waals surface area contributed by atoms with Gasteiger partial charge in [-0.2, -0.15) is 0 Å². The molecule has 0 radical (unpaired) electrons. The summed E-state index contributed by atoms with van der Waals surface area (Å²) in [5.74, 6) is 3.60.